The molecule has 27 heavy (non-hydrogen) atoms. The molecule has 6 nitrogen and oxygen atoms in total. The minimum atomic E-state index is -0.116. The van der Waals surface area contributed by atoms with Gasteiger partial charge in [0.1, 0.15) is 0 Å². The number of hydrogen-bond donors (Lipinski definition) is 0. The van der Waals surface area contributed by atoms with E-state index in [4.69, 9.17) is 11.6 Å². The molecule has 0 unspecified atom stereocenters. The van der Waals surface area contributed by atoms with E-state index in [-0.39, 0.29) is 5.91 Å². The first kappa shape index (κ1) is 19.8. The van der Waals surface area contributed by atoms with Crippen LogP contribution in [-0.2, 0) is 6.54 Å². The number of nitrogens with zero attached hydrogens (tertiary/aromatic N) is 5. The monoisotopic (exact) mass is 405 g/mol. The number of benzene rings is 1. The molecular weight excluding hydrogens is 382 g/mol. The van der Waals surface area contributed by atoms with Crippen molar-refractivity contribution in [1.82, 2.24) is 19.7 Å². The van der Waals surface area contributed by atoms with Crippen molar-refractivity contribution in [3.63, 3.8) is 0 Å². The molecule has 2 aromatic heterocycles. The maximum Gasteiger partial charge on any atom is 0.280 e. The van der Waals surface area contributed by atoms with Crippen molar-refractivity contribution in [2.75, 3.05) is 32.1 Å². The zero-order chi connectivity index (χ0) is 19.6. The molecule has 0 saturated heterocycles. The van der Waals surface area contributed by atoms with Gasteiger partial charge in [-0.25, -0.2) is 4.98 Å². The molecule has 1 aromatic carbocycles. The summed E-state index contributed by atoms with van der Waals surface area (Å²) in [5.74, 6) is -0.116. The Morgan fingerprint density at radius 2 is 2.04 bits per heavy atom. The second-order valence-corrected chi connectivity index (χ2v) is 8.15. The summed E-state index contributed by atoms with van der Waals surface area (Å²) in [5, 5.41) is 5.80. The van der Waals surface area contributed by atoms with Crippen LogP contribution in [0.15, 0.2) is 24.3 Å². The van der Waals surface area contributed by atoms with E-state index in [0.717, 1.165) is 35.4 Å². The number of halogens is 1. The Hall–Kier alpha value is -1.96. The Morgan fingerprint density at radius 1 is 1.26 bits per heavy atom. The number of fused-ring (bicyclic) bond motifs is 1. The van der Waals surface area contributed by atoms with E-state index in [1.165, 1.54) is 11.3 Å². The van der Waals surface area contributed by atoms with E-state index in [0.29, 0.717) is 22.4 Å². The third-order valence-electron chi connectivity index (χ3n) is 4.30. The van der Waals surface area contributed by atoms with Crippen LogP contribution in [0, 0.1) is 6.92 Å². The van der Waals surface area contributed by atoms with Crippen molar-refractivity contribution in [1.29, 1.82) is 0 Å². The molecule has 2 heterocycles. The van der Waals surface area contributed by atoms with Gasteiger partial charge in [-0.2, -0.15) is 5.10 Å². The average Bonchev–Trinajstić information content (AvgIpc) is 3.20. The molecule has 144 valence electrons. The molecule has 0 bridgehead atoms. The molecule has 0 saturated carbocycles. The van der Waals surface area contributed by atoms with Gasteiger partial charge in [-0.1, -0.05) is 22.9 Å². The molecule has 1 amide bonds. The second kappa shape index (κ2) is 8.37. The lowest BCUT2D eigenvalue weighted by Gasteiger charge is -2.20. The lowest BCUT2D eigenvalue weighted by Crippen LogP contribution is -2.33. The predicted octanol–water partition coefficient (Wildman–Crippen LogP) is 4.07. The Bertz CT molecular complexity index is 949. The minimum Gasteiger partial charge on any atom is -0.309 e. The normalized spacial score (nSPS) is 11.5. The minimum absolute atomic E-state index is 0.116. The van der Waals surface area contributed by atoms with E-state index >= 15 is 0 Å². The fourth-order valence-electron chi connectivity index (χ4n) is 2.90. The van der Waals surface area contributed by atoms with Crippen LogP contribution < -0.4 is 4.90 Å². The van der Waals surface area contributed by atoms with Crippen LogP contribution in [0.25, 0.3) is 10.2 Å². The summed E-state index contributed by atoms with van der Waals surface area (Å²) >= 11 is 7.58. The fourth-order valence-corrected chi connectivity index (χ4v) is 4.17. The van der Waals surface area contributed by atoms with Crippen molar-refractivity contribution in [2.45, 2.75) is 26.8 Å². The molecule has 3 aromatic rings. The fraction of sp³-hybridized carbons (Fsp3) is 0.421. The molecule has 0 fully saturated rings. The summed E-state index contributed by atoms with van der Waals surface area (Å²) in [7, 11) is 4.05. The maximum atomic E-state index is 13.2. The average molecular weight is 406 g/mol. The third-order valence-corrected chi connectivity index (χ3v) is 5.58. The van der Waals surface area contributed by atoms with E-state index in [1.54, 1.807) is 4.90 Å². The Balaban J connectivity index is 1.94. The number of anilines is 1. The number of carbonyl (C=O) groups is 1. The van der Waals surface area contributed by atoms with Crippen molar-refractivity contribution in [3.05, 3.63) is 40.7 Å². The molecule has 0 aliphatic rings. The van der Waals surface area contributed by atoms with E-state index in [2.05, 4.69) is 15.0 Å². The number of aromatic nitrogens is 3. The van der Waals surface area contributed by atoms with Crippen molar-refractivity contribution in [3.8, 4) is 0 Å². The van der Waals surface area contributed by atoms with Gasteiger partial charge < -0.3 is 4.90 Å². The van der Waals surface area contributed by atoms with Gasteiger partial charge in [-0.15, -0.1) is 0 Å². The third kappa shape index (κ3) is 4.48. The van der Waals surface area contributed by atoms with Crippen LogP contribution in [0.2, 0.25) is 5.02 Å². The van der Waals surface area contributed by atoms with Crippen molar-refractivity contribution in [2.24, 2.45) is 0 Å². The largest absolute Gasteiger partial charge is 0.309 e. The number of thiazole rings is 1. The highest BCUT2D eigenvalue weighted by Crippen LogP contribution is 2.31. The van der Waals surface area contributed by atoms with Crippen molar-refractivity contribution >= 4 is 44.2 Å². The van der Waals surface area contributed by atoms with Crippen molar-refractivity contribution < 1.29 is 4.79 Å². The summed E-state index contributed by atoms with van der Waals surface area (Å²) < 4.78 is 2.81. The van der Waals surface area contributed by atoms with Crippen LogP contribution >= 0.6 is 22.9 Å². The lowest BCUT2D eigenvalue weighted by atomic mass is 10.3. The first-order valence-electron chi connectivity index (χ1n) is 8.96. The quantitative estimate of drug-likeness (QED) is 0.594. The molecule has 3 rings (SSSR count). The van der Waals surface area contributed by atoms with E-state index in [1.807, 2.05) is 56.9 Å². The standard InChI is InChI=1S/C19H24ClN5OS/c1-5-25-13(2)11-16(22-25)18(26)24(10-6-9-23(3)4)19-21-15-8-7-14(20)12-17(15)27-19/h7-8,11-12H,5-6,9-10H2,1-4H3. The SMILES string of the molecule is CCn1nc(C(=O)N(CCCN(C)C)c2nc3ccc(Cl)cc3s2)cc1C. The molecule has 0 aliphatic carbocycles. The molecule has 0 spiro atoms. The Morgan fingerprint density at radius 3 is 2.70 bits per heavy atom. The highest BCUT2D eigenvalue weighted by Gasteiger charge is 2.24. The van der Waals surface area contributed by atoms with Crippen LogP contribution in [0.3, 0.4) is 0 Å². The van der Waals surface area contributed by atoms with Crippen LogP contribution in [-0.4, -0.2) is 52.8 Å². The smallest absolute Gasteiger partial charge is 0.280 e. The van der Waals surface area contributed by atoms with Gasteiger partial charge in [0.25, 0.3) is 5.91 Å². The molecule has 0 radical (unpaired) electrons. The van der Waals surface area contributed by atoms with Gasteiger partial charge in [-0.3, -0.25) is 14.4 Å². The number of amides is 1. The number of aryl methyl sites for hydroxylation is 2. The van der Waals surface area contributed by atoms with Crippen LogP contribution in [0.1, 0.15) is 29.5 Å². The van der Waals surface area contributed by atoms with E-state index < -0.39 is 0 Å². The van der Waals surface area contributed by atoms with Crippen LogP contribution in [0.4, 0.5) is 5.13 Å². The summed E-state index contributed by atoms with van der Waals surface area (Å²) in [5.41, 5.74) is 2.28. The Labute approximate surface area is 168 Å². The van der Waals surface area contributed by atoms with Gasteiger partial charge >= 0.3 is 0 Å². The number of rotatable bonds is 7. The van der Waals surface area contributed by atoms with Gasteiger partial charge in [-0.05, 0) is 65.2 Å². The summed E-state index contributed by atoms with van der Waals surface area (Å²) in [4.78, 5) is 21.7. The zero-order valence-electron chi connectivity index (χ0n) is 16.1. The molecule has 8 heteroatoms. The molecule has 0 aliphatic heterocycles. The first-order valence-corrected chi connectivity index (χ1v) is 10.2. The topological polar surface area (TPSA) is 54.3 Å². The van der Waals surface area contributed by atoms with Crippen LogP contribution in [0.5, 0.6) is 0 Å². The number of hydrogen-bond acceptors (Lipinski definition) is 5. The highest BCUT2D eigenvalue weighted by molar-refractivity contribution is 7.22. The molecule has 0 atom stereocenters. The van der Waals surface area contributed by atoms with Gasteiger partial charge in [0.2, 0.25) is 0 Å². The first-order chi connectivity index (χ1) is 12.9. The summed E-state index contributed by atoms with van der Waals surface area (Å²) in [6, 6.07) is 7.43. The molecule has 0 N–H and O–H groups in total. The van der Waals surface area contributed by atoms with Gasteiger partial charge in [0.15, 0.2) is 10.8 Å². The van der Waals surface area contributed by atoms with E-state index in [9.17, 15) is 4.79 Å². The maximum absolute atomic E-state index is 13.2. The van der Waals surface area contributed by atoms with Gasteiger partial charge in [0, 0.05) is 23.8 Å². The second-order valence-electron chi connectivity index (χ2n) is 6.71. The predicted molar refractivity (Wildman–Crippen MR) is 112 cm³/mol. The summed E-state index contributed by atoms with van der Waals surface area (Å²) in [6.45, 7) is 6.19. The highest BCUT2D eigenvalue weighted by atomic mass is 35.5. The van der Waals surface area contributed by atoms with Gasteiger partial charge in [0.05, 0.1) is 10.2 Å². The Kier molecular flexibility index (Phi) is 6.14. The number of carbonyl (C=O) groups excluding carboxylic acids is 1. The summed E-state index contributed by atoms with van der Waals surface area (Å²) in [6.07, 6.45) is 0.850. The molecular formula is C19H24ClN5OS. The lowest BCUT2D eigenvalue weighted by molar-refractivity contribution is 0.0980. The zero-order valence-corrected chi connectivity index (χ0v) is 17.6.